The maximum absolute atomic E-state index is 13.4. The lowest BCUT2D eigenvalue weighted by atomic mass is 10.2. The number of anilines is 1. The van der Waals surface area contributed by atoms with Crippen LogP contribution in [0, 0.1) is 6.92 Å². The molecule has 3 aromatic rings. The zero-order chi connectivity index (χ0) is 22.7. The summed E-state index contributed by atoms with van der Waals surface area (Å²) in [6.45, 7) is 5.95. The van der Waals surface area contributed by atoms with E-state index in [-0.39, 0.29) is 10.8 Å². The third-order valence-corrected chi connectivity index (χ3v) is 7.22. The van der Waals surface area contributed by atoms with E-state index < -0.39 is 10.0 Å². The number of methoxy groups -OCH3 is 1. The molecule has 0 atom stereocenters. The molecule has 170 valence electrons. The Hall–Kier alpha value is -3.11. The van der Waals surface area contributed by atoms with E-state index >= 15 is 0 Å². The van der Waals surface area contributed by atoms with Gasteiger partial charge in [-0.25, -0.2) is 8.42 Å². The first-order valence-electron chi connectivity index (χ1n) is 10.4. The number of nitrogens with zero attached hydrogens (tertiary/aromatic N) is 4. The zero-order valence-electron chi connectivity index (χ0n) is 18.3. The summed E-state index contributed by atoms with van der Waals surface area (Å²) in [6, 6.07) is 12.5. The molecule has 0 spiro atoms. The number of piperazine rings is 1. The van der Waals surface area contributed by atoms with Crippen molar-refractivity contribution in [1.29, 1.82) is 0 Å². The van der Waals surface area contributed by atoms with Crippen LogP contribution in [0.25, 0.3) is 11.5 Å². The molecule has 32 heavy (non-hydrogen) atoms. The predicted molar refractivity (Wildman–Crippen MR) is 120 cm³/mol. The van der Waals surface area contributed by atoms with Gasteiger partial charge in [0.1, 0.15) is 11.5 Å². The molecular formula is C22H26N4O5S. The lowest BCUT2D eigenvalue weighted by molar-refractivity contribution is 0.338. The summed E-state index contributed by atoms with van der Waals surface area (Å²) in [6.07, 6.45) is 0. The third-order valence-electron chi connectivity index (χ3n) is 5.32. The van der Waals surface area contributed by atoms with Crippen LogP contribution in [0.3, 0.4) is 0 Å². The van der Waals surface area contributed by atoms with E-state index in [1.807, 2.05) is 31.2 Å². The van der Waals surface area contributed by atoms with Crippen molar-refractivity contribution in [3.05, 3.63) is 48.3 Å². The van der Waals surface area contributed by atoms with Crippen molar-refractivity contribution >= 4 is 15.7 Å². The highest BCUT2D eigenvalue weighted by atomic mass is 32.2. The predicted octanol–water partition coefficient (Wildman–Crippen LogP) is 2.96. The lowest BCUT2D eigenvalue weighted by Gasteiger charge is -2.35. The molecule has 0 radical (unpaired) electrons. The van der Waals surface area contributed by atoms with Gasteiger partial charge in [-0.1, -0.05) is 5.16 Å². The Kier molecular flexibility index (Phi) is 6.33. The van der Waals surface area contributed by atoms with Gasteiger partial charge in [0.05, 0.1) is 24.2 Å². The average molecular weight is 459 g/mol. The van der Waals surface area contributed by atoms with Crippen LogP contribution in [0.4, 0.5) is 5.69 Å². The second-order valence-corrected chi connectivity index (χ2v) is 9.26. The minimum atomic E-state index is -3.69. The number of rotatable bonds is 7. The van der Waals surface area contributed by atoms with Crippen LogP contribution in [0.2, 0.25) is 0 Å². The van der Waals surface area contributed by atoms with Crippen LogP contribution in [0.1, 0.15) is 12.7 Å². The van der Waals surface area contributed by atoms with E-state index in [9.17, 15) is 8.42 Å². The quantitative estimate of drug-likeness (QED) is 0.533. The Morgan fingerprint density at radius 1 is 1.06 bits per heavy atom. The Morgan fingerprint density at radius 2 is 1.78 bits per heavy atom. The monoisotopic (exact) mass is 458 g/mol. The minimum Gasteiger partial charge on any atom is -0.497 e. The summed E-state index contributed by atoms with van der Waals surface area (Å²) in [4.78, 5) is 6.57. The molecule has 1 fully saturated rings. The van der Waals surface area contributed by atoms with Gasteiger partial charge in [0, 0.05) is 31.9 Å². The van der Waals surface area contributed by atoms with E-state index in [2.05, 4.69) is 15.0 Å². The van der Waals surface area contributed by atoms with Crippen molar-refractivity contribution in [3.8, 4) is 23.0 Å². The summed E-state index contributed by atoms with van der Waals surface area (Å²) >= 11 is 0. The van der Waals surface area contributed by atoms with Gasteiger partial charge in [0.2, 0.25) is 10.0 Å². The van der Waals surface area contributed by atoms with Gasteiger partial charge in [-0.05, 0) is 56.3 Å². The van der Waals surface area contributed by atoms with Crippen molar-refractivity contribution in [2.24, 2.45) is 0 Å². The average Bonchev–Trinajstić information content (AvgIpc) is 3.25. The number of aromatic nitrogens is 2. The Bertz CT molecular complexity index is 1170. The topological polar surface area (TPSA) is 98.0 Å². The SMILES string of the molecule is CCOc1ccc(S(=O)(=O)N2CCN(c3ccc(OC)cc3)CC2)cc1-c1nc(C)no1. The molecular weight excluding hydrogens is 432 g/mol. The second kappa shape index (κ2) is 9.17. The fraction of sp³-hybridized carbons (Fsp3) is 0.364. The van der Waals surface area contributed by atoms with Crippen LogP contribution >= 0.6 is 0 Å². The highest BCUT2D eigenvalue weighted by molar-refractivity contribution is 7.89. The fourth-order valence-electron chi connectivity index (χ4n) is 3.65. The third kappa shape index (κ3) is 4.42. The van der Waals surface area contributed by atoms with Crippen LogP contribution in [-0.2, 0) is 10.0 Å². The number of hydrogen-bond donors (Lipinski definition) is 0. The molecule has 4 rings (SSSR count). The number of hydrogen-bond acceptors (Lipinski definition) is 8. The second-order valence-electron chi connectivity index (χ2n) is 7.33. The summed E-state index contributed by atoms with van der Waals surface area (Å²) in [5.41, 5.74) is 1.50. The van der Waals surface area contributed by atoms with Crippen molar-refractivity contribution < 1.29 is 22.4 Å². The van der Waals surface area contributed by atoms with Gasteiger partial charge in [-0.15, -0.1) is 0 Å². The standard InChI is InChI=1S/C22H26N4O5S/c1-4-30-21-10-9-19(15-20(21)22-23-16(2)24-31-22)32(27,28)26-13-11-25(12-14-26)17-5-7-18(29-3)8-6-17/h5-10,15H,4,11-14H2,1-3H3. The molecule has 0 unspecified atom stereocenters. The molecule has 1 saturated heterocycles. The van der Waals surface area contributed by atoms with Crippen molar-refractivity contribution in [2.45, 2.75) is 18.7 Å². The molecule has 0 saturated carbocycles. The number of aryl methyl sites for hydroxylation is 1. The number of sulfonamides is 1. The highest BCUT2D eigenvalue weighted by Gasteiger charge is 2.30. The summed E-state index contributed by atoms with van der Waals surface area (Å²) < 4.78 is 44.3. The summed E-state index contributed by atoms with van der Waals surface area (Å²) in [5, 5.41) is 3.81. The summed E-state index contributed by atoms with van der Waals surface area (Å²) in [5.74, 6) is 1.98. The molecule has 1 aliphatic heterocycles. The van der Waals surface area contributed by atoms with Crippen LogP contribution in [-0.4, -0.2) is 62.8 Å². The van der Waals surface area contributed by atoms with Crippen molar-refractivity contribution in [3.63, 3.8) is 0 Å². The van der Waals surface area contributed by atoms with Crippen molar-refractivity contribution in [2.75, 3.05) is 44.8 Å². The lowest BCUT2D eigenvalue weighted by Crippen LogP contribution is -2.48. The maximum Gasteiger partial charge on any atom is 0.261 e. The van der Waals surface area contributed by atoms with Crippen molar-refractivity contribution in [1.82, 2.24) is 14.4 Å². The molecule has 1 aliphatic rings. The number of benzene rings is 2. The Balaban J connectivity index is 1.54. The van der Waals surface area contributed by atoms with Crippen LogP contribution < -0.4 is 14.4 Å². The first-order chi connectivity index (χ1) is 15.4. The zero-order valence-corrected chi connectivity index (χ0v) is 19.1. The number of ether oxygens (including phenoxy) is 2. The van der Waals surface area contributed by atoms with E-state index in [1.54, 1.807) is 32.2 Å². The molecule has 0 amide bonds. The van der Waals surface area contributed by atoms with Crippen LogP contribution in [0.15, 0.2) is 51.9 Å². The van der Waals surface area contributed by atoms with E-state index in [0.717, 1.165) is 11.4 Å². The first kappa shape index (κ1) is 22.1. The largest absolute Gasteiger partial charge is 0.497 e. The maximum atomic E-state index is 13.4. The minimum absolute atomic E-state index is 0.171. The fourth-order valence-corrected chi connectivity index (χ4v) is 5.10. The molecule has 0 N–H and O–H groups in total. The molecule has 1 aromatic heterocycles. The first-order valence-corrected chi connectivity index (χ1v) is 11.8. The van der Waals surface area contributed by atoms with E-state index in [1.165, 1.54) is 4.31 Å². The molecule has 9 nitrogen and oxygen atoms in total. The van der Waals surface area contributed by atoms with Crippen LogP contribution in [0.5, 0.6) is 11.5 Å². The van der Waals surface area contributed by atoms with E-state index in [0.29, 0.717) is 49.9 Å². The van der Waals surface area contributed by atoms with Gasteiger partial charge in [-0.3, -0.25) is 0 Å². The Morgan fingerprint density at radius 3 is 2.38 bits per heavy atom. The highest BCUT2D eigenvalue weighted by Crippen LogP contribution is 2.33. The molecule has 2 aromatic carbocycles. The normalized spacial score (nSPS) is 15.0. The molecule has 10 heteroatoms. The van der Waals surface area contributed by atoms with Gasteiger partial charge >= 0.3 is 0 Å². The molecule has 0 aliphatic carbocycles. The molecule has 2 heterocycles. The molecule has 0 bridgehead atoms. The van der Waals surface area contributed by atoms with Gasteiger partial charge in [0.15, 0.2) is 5.82 Å². The Labute approximate surface area is 187 Å². The van der Waals surface area contributed by atoms with E-state index in [4.69, 9.17) is 14.0 Å². The van der Waals surface area contributed by atoms with Gasteiger partial charge in [0.25, 0.3) is 5.89 Å². The van der Waals surface area contributed by atoms with Gasteiger partial charge < -0.3 is 18.9 Å². The summed E-state index contributed by atoms with van der Waals surface area (Å²) in [7, 11) is -2.06. The van der Waals surface area contributed by atoms with Gasteiger partial charge in [-0.2, -0.15) is 9.29 Å². The smallest absolute Gasteiger partial charge is 0.261 e.